The molecule has 2 aromatic rings. The Balaban J connectivity index is 2.31. The van der Waals surface area contributed by atoms with Crippen molar-refractivity contribution in [2.24, 2.45) is 0 Å². The molecule has 0 aliphatic carbocycles. The van der Waals surface area contributed by atoms with Crippen LogP contribution in [0.3, 0.4) is 0 Å². The molecule has 0 aliphatic heterocycles. The van der Waals surface area contributed by atoms with E-state index in [1.807, 2.05) is 12.1 Å². The van der Waals surface area contributed by atoms with E-state index < -0.39 is 5.97 Å². The van der Waals surface area contributed by atoms with E-state index >= 15 is 0 Å². The highest BCUT2D eigenvalue weighted by molar-refractivity contribution is 7.99. The van der Waals surface area contributed by atoms with E-state index in [9.17, 15) is 4.79 Å². The molecule has 0 amide bonds. The minimum atomic E-state index is -1.01. The number of carboxylic acids is 1. The first-order valence-corrected chi connectivity index (χ1v) is 7.24. The molecule has 4 heteroatoms. The summed E-state index contributed by atoms with van der Waals surface area (Å²) in [5, 5.41) is 9.20. The molecule has 2 rings (SSSR count). The summed E-state index contributed by atoms with van der Waals surface area (Å²) in [5.74, 6) is 0.0321. The summed E-state index contributed by atoms with van der Waals surface area (Å²) >= 11 is 7.76. The lowest BCUT2D eigenvalue weighted by Gasteiger charge is -2.06. The van der Waals surface area contributed by atoms with E-state index in [1.54, 1.807) is 23.9 Å². The summed E-state index contributed by atoms with van der Waals surface area (Å²) in [7, 11) is 0. The van der Waals surface area contributed by atoms with Crippen molar-refractivity contribution in [3.05, 3.63) is 53.1 Å². The van der Waals surface area contributed by atoms with Crippen molar-refractivity contribution < 1.29 is 9.90 Å². The third-order valence-electron chi connectivity index (χ3n) is 2.70. The Morgan fingerprint density at radius 2 is 1.79 bits per heavy atom. The van der Waals surface area contributed by atoms with Gasteiger partial charge in [-0.1, -0.05) is 36.7 Å². The first-order valence-electron chi connectivity index (χ1n) is 5.88. The first-order chi connectivity index (χ1) is 9.11. The Morgan fingerprint density at radius 3 is 2.32 bits per heavy atom. The fourth-order valence-corrected chi connectivity index (χ4v) is 2.70. The van der Waals surface area contributed by atoms with E-state index in [1.165, 1.54) is 11.0 Å². The third-order valence-corrected chi connectivity index (χ3v) is 3.91. The molecule has 19 heavy (non-hydrogen) atoms. The maximum Gasteiger partial charge on any atom is 0.337 e. The van der Waals surface area contributed by atoms with E-state index in [-0.39, 0.29) is 10.6 Å². The lowest BCUT2D eigenvalue weighted by Crippen LogP contribution is -1.97. The van der Waals surface area contributed by atoms with Crippen LogP contribution in [0.2, 0.25) is 5.02 Å². The van der Waals surface area contributed by atoms with Gasteiger partial charge in [0, 0.05) is 4.90 Å². The summed E-state index contributed by atoms with van der Waals surface area (Å²) in [6.07, 6.45) is 0. The molecule has 0 saturated heterocycles. The molecular weight excluding hydrogens is 280 g/mol. The van der Waals surface area contributed by atoms with Gasteiger partial charge in [-0.25, -0.2) is 4.79 Å². The minimum Gasteiger partial charge on any atom is -0.478 e. The molecule has 0 heterocycles. The van der Waals surface area contributed by atoms with Crippen LogP contribution >= 0.6 is 23.4 Å². The molecule has 0 spiro atoms. The number of hydrogen-bond donors (Lipinski definition) is 1. The highest BCUT2D eigenvalue weighted by atomic mass is 35.5. The second kappa shape index (κ2) is 6.13. The average molecular weight is 293 g/mol. The highest BCUT2D eigenvalue weighted by Crippen LogP contribution is 2.27. The minimum absolute atomic E-state index is 0.128. The van der Waals surface area contributed by atoms with Gasteiger partial charge in [0.2, 0.25) is 0 Å². The Hall–Kier alpha value is -1.45. The number of carbonyl (C=O) groups is 1. The van der Waals surface area contributed by atoms with Crippen molar-refractivity contribution in [3.8, 4) is 11.1 Å². The van der Waals surface area contributed by atoms with Gasteiger partial charge in [-0.3, -0.25) is 0 Å². The van der Waals surface area contributed by atoms with Gasteiger partial charge in [-0.15, -0.1) is 11.8 Å². The molecule has 2 aromatic carbocycles. The standard InChI is InChI=1S/C15H13ClO2S/c1-2-19-12-6-3-10(4-7-12)11-5-8-13(15(17)18)14(16)9-11/h3-9H,2H2,1H3,(H,17,18). The predicted molar refractivity (Wildman–Crippen MR) is 80.2 cm³/mol. The van der Waals surface area contributed by atoms with Crippen LogP contribution in [0.15, 0.2) is 47.4 Å². The number of halogens is 1. The fraction of sp³-hybridized carbons (Fsp3) is 0.133. The predicted octanol–water partition coefficient (Wildman–Crippen LogP) is 4.82. The molecule has 1 N–H and O–H groups in total. The van der Waals surface area contributed by atoms with Crippen LogP contribution in [0.4, 0.5) is 0 Å². The van der Waals surface area contributed by atoms with Crippen LogP contribution in [0.1, 0.15) is 17.3 Å². The average Bonchev–Trinajstić information content (AvgIpc) is 2.39. The number of aromatic carboxylic acids is 1. The number of carboxylic acid groups (broad SMARTS) is 1. The SMILES string of the molecule is CCSc1ccc(-c2ccc(C(=O)O)c(Cl)c2)cc1. The van der Waals surface area contributed by atoms with Crippen LogP contribution in [-0.4, -0.2) is 16.8 Å². The third kappa shape index (κ3) is 3.31. The zero-order valence-electron chi connectivity index (χ0n) is 10.4. The normalized spacial score (nSPS) is 10.4. The molecule has 0 unspecified atom stereocenters. The van der Waals surface area contributed by atoms with Crippen LogP contribution in [-0.2, 0) is 0 Å². The monoisotopic (exact) mass is 292 g/mol. The fourth-order valence-electron chi connectivity index (χ4n) is 1.78. The van der Waals surface area contributed by atoms with Crippen molar-refractivity contribution in [2.45, 2.75) is 11.8 Å². The van der Waals surface area contributed by atoms with Gasteiger partial charge in [0.1, 0.15) is 0 Å². The van der Waals surface area contributed by atoms with Crippen molar-refractivity contribution >= 4 is 29.3 Å². The van der Waals surface area contributed by atoms with Crippen LogP contribution in [0.5, 0.6) is 0 Å². The zero-order chi connectivity index (χ0) is 13.8. The van der Waals surface area contributed by atoms with E-state index in [2.05, 4.69) is 19.1 Å². The smallest absolute Gasteiger partial charge is 0.337 e. The van der Waals surface area contributed by atoms with Gasteiger partial charge < -0.3 is 5.11 Å². The van der Waals surface area contributed by atoms with Gasteiger partial charge in [0.25, 0.3) is 0 Å². The van der Waals surface area contributed by atoms with Gasteiger partial charge in [-0.2, -0.15) is 0 Å². The molecule has 2 nitrogen and oxygen atoms in total. The number of hydrogen-bond acceptors (Lipinski definition) is 2. The molecule has 0 radical (unpaired) electrons. The lowest BCUT2D eigenvalue weighted by molar-refractivity contribution is 0.0697. The van der Waals surface area contributed by atoms with Gasteiger partial charge >= 0.3 is 5.97 Å². The van der Waals surface area contributed by atoms with Crippen molar-refractivity contribution in [1.82, 2.24) is 0 Å². The van der Waals surface area contributed by atoms with Gasteiger partial charge in [0.15, 0.2) is 0 Å². The second-order valence-electron chi connectivity index (χ2n) is 3.96. The number of thioether (sulfide) groups is 1. The van der Waals surface area contributed by atoms with Crippen LogP contribution in [0.25, 0.3) is 11.1 Å². The lowest BCUT2D eigenvalue weighted by atomic mass is 10.0. The maximum absolute atomic E-state index is 10.9. The van der Waals surface area contributed by atoms with Gasteiger partial charge in [-0.05, 0) is 41.1 Å². The molecule has 0 bridgehead atoms. The summed E-state index contributed by atoms with van der Waals surface area (Å²) in [4.78, 5) is 12.1. The Kier molecular flexibility index (Phi) is 4.51. The molecule has 98 valence electrons. The first kappa shape index (κ1) is 14.0. The molecule has 0 saturated carbocycles. The van der Waals surface area contributed by atoms with Crippen LogP contribution < -0.4 is 0 Å². The summed E-state index contributed by atoms with van der Waals surface area (Å²) in [5.41, 5.74) is 2.07. The summed E-state index contributed by atoms with van der Waals surface area (Å²) < 4.78 is 0. The van der Waals surface area contributed by atoms with Crippen LogP contribution in [0, 0.1) is 0 Å². The Morgan fingerprint density at radius 1 is 1.16 bits per heavy atom. The summed E-state index contributed by atoms with van der Waals surface area (Å²) in [6.45, 7) is 2.11. The maximum atomic E-state index is 10.9. The Labute approximate surface area is 121 Å². The molecule has 0 aliphatic rings. The quantitative estimate of drug-likeness (QED) is 0.821. The Bertz CT molecular complexity index is 594. The largest absolute Gasteiger partial charge is 0.478 e. The van der Waals surface area contributed by atoms with E-state index in [0.29, 0.717) is 0 Å². The highest BCUT2D eigenvalue weighted by Gasteiger charge is 2.09. The number of benzene rings is 2. The zero-order valence-corrected chi connectivity index (χ0v) is 12.0. The van der Waals surface area contributed by atoms with E-state index in [0.717, 1.165) is 16.9 Å². The summed E-state index contributed by atoms with van der Waals surface area (Å²) in [6, 6.07) is 13.2. The molecular formula is C15H13ClO2S. The molecule has 0 atom stereocenters. The van der Waals surface area contributed by atoms with Crippen molar-refractivity contribution in [3.63, 3.8) is 0 Å². The van der Waals surface area contributed by atoms with E-state index in [4.69, 9.17) is 16.7 Å². The van der Waals surface area contributed by atoms with Crippen molar-refractivity contribution in [1.29, 1.82) is 0 Å². The van der Waals surface area contributed by atoms with Gasteiger partial charge in [0.05, 0.1) is 10.6 Å². The topological polar surface area (TPSA) is 37.3 Å². The number of rotatable bonds is 4. The second-order valence-corrected chi connectivity index (χ2v) is 5.70. The molecule has 0 aromatic heterocycles. The molecule has 0 fully saturated rings. The van der Waals surface area contributed by atoms with Crippen molar-refractivity contribution in [2.75, 3.05) is 5.75 Å².